The largest absolute Gasteiger partial charge is 0.392 e. The van der Waals surface area contributed by atoms with Crippen LogP contribution in [0.1, 0.15) is 45.1 Å². The molecule has 0 atom stereocenters. The van der Waals surface area contributed by atoms with Gasteiger partial charge in [0.15, 0.2) is 0 Å². The van der Waals surface area contributed by atoms with Crippen LogP contribution in [0.2, 0.25) is 0 Å². The van der Waals surface area contributed by atoms with Crippen molar-refractivity contribution in [2.24, 2.45) is 5.41 Å². The molecule has 0 unspecified atom stereocenters. The minimum Gasteiger partial charge on any atom is -0.392 e. The summed E-state index contributed by atoms with van der Waals surface area (Å²) in [5.74, 6) is 0. The van der Waals surface area contributed by atoms with E-state index in [-0.39, 0.29) is 11.5 Å². The van der Waals surface area contributed by atoms with Crippen LogP contribution < -0.4 is 0 Å². The van der Waals surface area contributed by atoms with Gasteiger partial charge in [-0.15, -0.1) is 0 Å². The molecule has 1 saturated heterocycles. The Hall–Kier alpha value is -0.910. The Morgan fingerprint density at radius 2 is 1.81 bits per heavy atom. The van der Waals surface area contributed by atoms with Gasteiger partial charge in [0.1, 0.15) is 0 Å². The Balaban J connectivity index is 2.18. The summed E-state index contributed by atoms with van der Waals surface area (Å²) in [5.41, 5.74) is 0.934. The van der Waals surface area contributed by atoms with E-state index < -0.39 is 10.0 Å². The van der Waals surface area contributed by atoms with Crippen LogP contribution in [0.4, 0.5) is 0 Å². The van der Waals surface area contributed by atoms with Gasteiger partial charge in [0.2, 0.25) is 10.0 Å². The molecule has 1 aliphatic rings. The monoisotopic (exact) mass is 311 g/mol. The summed E-state index contributed by atoms with van der Waals surface area (Å²) in [6.45, 7) is 5.43. The molecule has 5 heteroatoms. The molecule has 1 aromatic rings. The Bertz CT molecular complexity index is 569. The van der Waals surface area contributed by atoms with Gasteiger partial charge in [0, 0.05) is 13.1 Å². The molecule has 0 radical (unpaired) electrons. The topological polar surface area (TPSA) is 57.6 Å². The van der Waals surface area contributed by atoms with Crippen LogP contribution in [-0.4, -0.2) is 30.9 Å². The number of nitrogens with zero attached hydrogens (tertiary/aromatic N) is 1. The maximum absolute atomic E-state index is 12.7. The van der Waals surface area contributed by atoms with E-state index in [1.807, 2.05) is 0 Å². The molecule has 4 nitrogen and oxygen atoms in total. The standard InChI is InChI=1S/C16H25NO3S/c1-3-16(4-2)8-10-17(11-9-16)21(19,20)15-7-5-6-14(12-15)13-18/h5-7,12,18H,3-4,8-11,13H2,1-2H3. The molecular weight excluding hydrogens is 286 g/mol. The molecule has 118 valence electrons. The Morgan fingerprint density at radius 3 is 2.33 bits per heavy atom. The number of aliphatic hydroxyl groups is 1. The molecule has 1 N–H and O–H groups in total. The SMILES string of the molecule is CCC1(CC)CCN(S(=O)(=O)c2cccc(CO)c2)CC1. The molecule has 0 aromatic heterocycles. The molecule has 1 fully saturated rings. The second-order valence-electron chi connectivity index (χ2n) is 5.92. The van der Waals surface area contributed by atoms with Gasteiger partial charge in [-0.2, -0.15) is 4.31 Å². The van der Waals surface area contributed by atoms with Crippen LogP contribution in [0, 0.1) is 5.41 Å². The summed E-state index contributed by atoms with van der Waals surface area (Å²) >= 11 is 0. The number of hydrogen-bond acceptors (Lipinski definition) is 3. The van der Waals surface area contributed by atoms with Crippen molar-refractivity contribution in [3.05, 3.63) is 29.8 Å². The van der Waals surface area contributed by atoms with Gasteiger partial charge in [-0.25, -0.2) is 8.42 Å². The van der Waals surface area contributed by atoms with Gasteiger partial charge in [-0.1, -0.05) is 38.8 Å². The van der Waals surface area contributed by atoms with Gasteiger partial charge in [0.25, 0.3) is 0 Å². The van der Waals surface area contributed by atoms with Crippen molar-refractivity contribution in [2.75, 3.05) is 13.1 Å². The van der Waals surface area contributed by atoms with Crippen molar-refractivity contribution in [1.82, 2.24) is 4.31 Å². The summed E-state index contributed by atoms with van der Waals surface area (Å²) in [7, 11) is -3.44. The first-order valence-corrected chi connectivity index (χ1v) is 9.11. The van der Waals surface area contributed by atoms with E-state index >= 15 is 0 Å². The van der Waals surface area contributed by atoms with Crippen molar-refractivity contribution >= 4 is 10.0 Å². The van der Waals surface area contributed by atoms with E-state index in [1.165, 1.54) is 0 Å². The van der Waals surface area contributed by atoms with E-state index in [0.29, 0.717) is 24.1 Å². The lowest BCUT2D eigenvalue weighted by molar-refractivity contribution is 0.141. The maximum Gasteiger partial charge on any atom is 0.243 e. The second-order valence-corrected chi connectivity index (χ2v) is 7.85. The number of rotatable bonds is 5. The van der Waals surface area contributed by atoms with Crippen LogP contribution in [0.5, 0.6) is 0 Å². The molecule has 1 aromatic carbocycles. The van der Waals surface area contributed by atoms with Crippen molar-refractivity contribution in [3.8, 4) is 0 Å². The molecule has 2 rings (SSSR count). The third-order valence-electron chi connectivity index (χ3n) is 5.00. The van der Waals surface area contributed by atoms with E-state index in [2.05, 4.69) is 13.8 Å². The highest BCUT2D eigenvalue weighted by atomic mass is 32.2. The molecule has 1 heterocycles. The first kappa shape index (κ1) is 16.5. The maximum atomic E-state index is 12.7. The zero-order valence-electron chi connectivity index (χ0n) is 12.9. The summed E-state index contributed by atoms with van der Waals surface area (Å²) in [6, 6.07) is 6.59. The number of piperidine rings is 1. The van der Waals surface area contributed by atoms with Crippen LogP contribution in [0.3, 0.4) is 0 Å². The first-order chi connectivity index (χ1) is 9.97. The van der Waals surface area contributed by atoms with Crippen LogP contribution in [-0.2, 0) is 16.6 Å². The summed E-state index contributed by atoms with van der Waals surface area (Å²) in [6.07, 6.45) is 4.08. The zero-order valence-corrected chi connectivity index (χ0v) is 13.7. The van der Waals surface area contributed by atoms with Gasteiger partial charge in [0.05, 0.1) is 11.5 Å². The predicted molar refractivity (Wildman–Crippen MR) is 83.4 cm³/mol. The third-order valence-corrected chi connectivity index (χ3v) is 6.90. The molecule has 0 aliphatic carbocycles. The van der Waals surface area contributed by atoms with Gasteiger partial charge < -0.3 is 5.11 Å². The number of benzene rings is 1. The summed E-state index contributed by atoms with van der Waals surface area (Å²) < 4.78 is 27.0. The molecule has 0 saturated carbocycles. The zero-order chi connectivity index (χ0) is 15.5. The van der Waals surface area contributed by atoms with Crippen molar-refractivity contribution in [3.63, 3.8) is 0 Å². The normalized spacial score (nSPS) is 19.6. The predicted octanol–water partition coefficient (Wildman–Crippen LogP) is 2.77. The fourth-order valence-corrected chi connectivity index (χ4v) is 4.62. The lowest BCUT2D eigenvalue weighted by Crippen LogP contribution is -2.42. The Morgan fingerprint density at radius 1 is 1.19 bits per heavy atom. The van der Waals surface area contributed by atoms with E-state index in [0.717, 1.165) is 25.7 Å². The average Bonchev–Trinajstić information content (AvgIpc) is 2.55. The van der Waals surface area contributed by atoms with E-state index in [4.69, 9.17) is 5.11 Å². The highest BCUT2D eigenvalue weighted by Gasteiger charge is 2.36. The number of hydrogen-bond donors (Lipinski definition) is 1. The summed E-state index contributed by atoms with van der Waals surface area (Å²) in [5, 5.41) is 9.16. The molecule has 0 amide bonds. The molecular formula is C16H25NO3S. The lowest BCUT2D eigenvalue weighted by Gasteiger charge is -2.40. The minimum absolute atomic E-state index is 0.141. The fourth-order valence-electron chi connectivity index (χ4n) is 3.11. The molecule has 0 spiro atoms. The van der Waals surface area contributed by atoms with Gasteiger partial charge in [-0.3, -0.25) is 0 Å². The van der Waals surface area contributed by atoms with Crippen molar-refractivity contribution in [1.29, 1.82) is 0 Å². The molecule has 1 aliphatic heterocycles. The van der Waals surface area contributed by atoms with E-state index in [1.54, 1.807) is 28.6 Å². The third kappa shape index (κ3) is 3.30. The highest BCUT2D eigenvalue weighted by molar-refractivity contribution is 7.89. The van der Waals surface area contributed by atoms with E-state index in [9.17, 15) is 8.42 Å². The Labute approximate surface area is 127 Å². The highest BCUT2D eigenvalue weighted by Crippen LogP contribution is 2.39. The second kappa shape index (κ2) is 6.46. The van der Waals surface area contributed by atoms with Crippen molar-refractivity contribution < 1.29 is 13.5 Å². The van der Waals surface area contributed by atoms with Crippen molar-refractivity contribution in [2.45, 2.75) is 51.0 Å². The minimum atomic E-state index is -3.44. The number of aliphatic hydroxyl groups excluding tert-OH is 1. The Kier molecular flexibility index (Phi) is 5.07. The quantitative estimate of drug-likeness (QED) is 0.909. The van der Waals surface area contributed by atoms with Crippen LogP contribution in [0.15, 0.2) is 29.2 Å². The van der Waals surface area contributed by atoms with Crippen LogP contribution in [0.25, 0.3) is 0 Å². The van der Waals surface area contributed by atoms with Gasteiger partial charge >= 0.3 is 0 Å². The molecule has 21 heavy (non-hydrogen) atoms. The number of sulfonamides is 1. The first-order valence-electron chi connectivity index (χ1n) is 7.67. The smallest absolute Gasteiger partial charge is 0.243 e. The molecule has 0 bridgehead atoms. The lowest BCUT2D eigenvalue weighted by atomic mass is 9.75. The summed E-state index contributed by atoms with van der Waals surface area (Å²) in [4.78, 5) is 0.287. The van der Waals surface area contributed by atoms with Crippen LogP contribution >= 0.6 is 0 Å². The fraction of sp³-hybridized carbons (Fsp3) is 0.625. The van der Waals surface area contributed by atoms with Gasteiger partial charge in [-0.05, 0) is 36.0 Å². The average molecular weight is 311 g/mol.